The SMILES string of the molecule is CCO[Si](C)(C)C/C=C/CC1CC(=O)OC1=O. The van der Waals surface area contributed by atoms with Crippen molar-refractivity contribution >= 4 is 20.3 Å². The van der Waals surface area contributed by atoms with Crippen molar-refractivity contribution in [2.45, 2.75) is 38.9 Å². The summed E-state index contributed by atoms with van der Waals surface area (Å²) >= 11 is 0. The Morgan fingerprint density at radius 3 is 2.65 bits per heavy atom. The van der Waals surface area contributed by atoms with Gasteiger partial charge in [0, 0.05) is 6.61 Å². The highest BCUT2D eigenvalue weighted by atomic mass is 28.4. The highest BCUT2D eigenvalue weighted by Gasteiger charge is 2.32. The van der Waals surface area contributed by atoms with Crippen molar-refractivity contribution in [3.63, 3.8) is 0 Å². The maximum absolute atomic E-state index is 11.2. The smallest absolute Gasteiger partial charge is 0.317 e. The molecule has 0 radical (unpaired) electrons. The average molecular weight is 256 g/mol. The van der Waals surface area contributed by atoms with Crippen LogP contribution in [-0.2, 0) is 18.8 Å². The van der Waals surface area contributed by atoms with Gasteiger partial charge in [0.05, 0.1) is 12.3 Å². The molecule has 4 nitrogen and oxygen atoms in total. The molecule has 0 aromatic rings. The fourth-order valence-electron chi connectivity index (χ4n) is 1.78. The molecule has 5 heteroatoms. The summed E-state index contributed by atoms with van der Waals surface area (Å²) in [5.74, 6) is -1.07. The molecule has 0 aromatic carbocycles. The fraction of sp³-hybridized carbons (Fsp3) is 0.667. The lowest BCUT2D eigenvalue weighted by Crippen LogP contribution is -2.29. The standard InChI is InChI=1S/C12H20O4Si/c1-4-15-17(2,3)8-6-5-7-10-9-11(13)16-12(10)14/h5-6,10H,4,7-9H2,1-3H3/b6-5+. The largest absolute Gasteiger partial charge is 0.417 e. The molecular formula is C12H20O4Si. The lowest BCUT2D eigenvalue weighted by molar-refractivity contribution is -0.153. The molecule has 17 heavy (non-hydrogen) atoms. The first kappa shape index (κ1) is 14.1. The first-order valence-electron chi connectivity index (χ1n) is 5.98. The number of esters is 2. The van der Waals surface area contributed by atoms with E-state index in [1.807, 2.05) is 13.0 Å². The molecule has 0 spiro atoms. The lowest BCUT2D eigenvalue weighted by Gasteiger charge is -2.19. The van der Waals surface area contributed by atoms with Crippen molar-refractivity contribution in [1.82, 2.24) is 0 Å². The van der Waals surface area contributed by atoms with Crippen molar-refractivity contribution in [3.05, 3.63) is 12.2 Å². The first-order chi connectivity index (χ1) is 7.94. The van der Waals surface area contributed by atoms with E-state index in [1.54, 1.807) is 0 Å². The van der Waals surface area contributed by atoms with E-state index in [4.69, 9.17) is 4.43 Å². The zero-order valence-electron chi connectivity index (χ0n) is 10.7. The lowest BCUT2D eigenvalue weighted by atomic mass is 10.0. The van der Waals surface area contributed by atoms with Gasteiger partial charge in [0.2, 0.25) is 0 Å². The number of rotatable bonds is 6. The summed E-state index contributed by atoms with van der Waals surface area (Å²) in [6, 6.07) is 0.927. The highest BCUT2D eigenvalue weighted by Crippen LogP contribution is 2.20. The van der Waals surface area contributed by atoms with Crippen molar-refractivity contribution in [2.24, 2.45) is 5.92 Å². The Balaban J connectivity index is 2.31. The zero-order chi connectivity index (χ0) is 12.9. The van der Waals surface area contributed by atoms with Gasteiger partial charge in [-0.25, -0.2) is 0 Å². The molecule has 0 bridgehead atoms. The van der Waals surface area contributed by atoms with E-state index in [9.17, 15) is 9.59 Å². The highest BCUT2D eigenvalue weighted by molar-refractivity contribution is 6.71. The second-order valence-electron chi connectivity index (χ2n) is 4.80. The summed E-state index contributed by atoms with van der Waals surface area (Å²) in [6.45, 7) is 7.07. The van der Waals surface area contributed by atoms with Crippen LogP contribution in [0.1, 0.15) is 19.8 Å². The van der Waals surface area contributed by atoms with Crippen LogP contribution in [-0.4, -0.2) is 26.9 Å². The summed E-state index contributed by atoms with van der Waals surface area (Å²) in [4.78, 5) is 22.0. The van der Waals surface area contributed by atoms with Gasteiger partial charge in [-0.05, 0) is 32.5 Å². The van der Waals surface area contributed by atoms with Crippen LogP contribution in [0, 0.1) is 5.92 Å². The van der Waals surface area contributed by atoms with Gasteiger partial charge in [0.1, 0.15) is 0 Å². The minimum atomic E-state index is -1.58. The van der Waals surface area contributed by atoms with Gasteiger partial charge in [-0.1, -0.05) is 12.2 Å². The van der Waals surface area contributed by atoms with Crippen molar-refractivity contribution in [1.29, 1.82) is 0 Å². The average Bonchev–Trinajstić information content (AvgIpc) is 2.52. The number of allylic oxidation sites excluding steroid dienone is 2. The van der Waals surface area contributed by atoms with Crippen LogP contribution in [0.5, 0.6) is 0 Å². The minimum Gasteiger partial charge on any atom is -0.417 e. The minimum absolute atomic E-state index is 0.218. The molecule has 1 aliphatic rings. The predicted molar refractivity (Wildman–Crippen MR) is 66.9 cm³/mol. The van der Waals surface area contributed by atoms with Crippen LogP contribution < -0.4 is 0 Å². The van der Waals surface area contributed by atoms with Gasteiger partial charge < -0.3 is 9.16 Å². The van der Waals surface area contributed by atoms with Gasteiger partial charge in [-0.15, -0.1) is 0 Å². The molecule has 1 heterocycles. The Morgan fingerprint density at radius 2 is 2.12 bits per heavy atom. The quantitative estimate of drug-likeness (QED) is 0.316. The molecule has 1 aliphatic heterocycles. The molecule has 0 aliphatic carbocycles. The number of carbonyl (C=O) groups is 2. The predicted octanol–water partition coefficient (Wildman–Crippen LogP) is 2.26. The molecule has 0 N–H and O–H groups in total. The second-order valence-corrected chi connectivity index (χ2v) is 9.01. The number of ether oxygens (including phenoxy) is 1. The topological polar surface area (TPSA) is 52.6 Å². The Kier molecular flexibility index (Phi) is 5.08. The maximum atomic E-state index is 11.2. The van der Waals surface area contributed by atoms with Crippen LogP contribution in [0.15, 0.2) is 12.2 Å². The molecule has 1 fully saturated rings. The van der Waals surface area contributed by atoms with Crippen molar-refractivity contribution in [2.75, 3.05) is 6.61 Å². The number of cyclic esters (lactones) is 2. The van der Waals surface area contributed by atoms with Crippen LogP contribution >= 0.6 is 0 Å². The normalized spacial score (nSPS) is 21.2. The number of carbonyl (C=O) groups excluding carboxylic acids is 2. The Morgan fingerprint density at radius 1 is 1.41 bits per heavy atom. The molecule has 1 rings (SSSR count). The van der Waals surface area contributed by atoms with Gasteiger partial charge in [-0.3, -0.25) is 9.59 Å². The molecule has 1 unspecified atom stereocenters. The summed E-state index contributed by atoms with van der Waals surface area (Å²) in [5, 5.41) is 0. The van der Waals surface area contributed by atoms with E-state index in [-0.39, 0.29) is 18.3 Å². The molecule has 0 saturated carbocycles. The van der Waals surface area contributed by atoms with Crippen molar-refractivity contribution < 1.29 is 18.8 Å². The third kappa shape index (κ3) is 4.83. The molecule has 1 saturated heterocycles. The first-order valence-corrected chi connectivity index (χ1v) is 9.09. The van der Waals surface area contributed by atoms with E-state index in [2.05, 4.69) is 23.9 Å². The zero-order valence-corrected chi connectivity index (χ0v) is 11.7. The fourth-order valence-corrected chi connectivity index (χ4v) is 3.41. The molecule has 0 amide bonds. The van der Waals surface area contributed by atoms with Crippen LogP contribution in [0.3, 0.4) is 0 Å². The Labute approximate surface area is 103 Å². The number of hydrogen-bond donors (Lipinski definition) is 0. The van der Waals surface area contributed by atoms with E-state index in [1.165, 1.54) is 0 Å². The van der Waals surface area contributed by atoms with Gasteiger partial charge in [0.25, 0.3) is 0 Å². The van der Waals surface area contributed by atoms with Gasteiger partial charge in [0.15, 0.2) is 8.32 Å². The Bertz CT molecular complexity index is 322. The third-order valence-corrected chi connectivity index (χ3v) is 4.98. The molecule has 0 aromatic heterocycles. The van der Waals surface area contributed by atoms with E-state index in [0.717, 1.165) is 12.7 Å². The number of hydrogen-bond acceptors (Lipinski definition) is 4. The molecule has 1 atom stereocenters. The van der Waals surface area contributed by atoms with Crippen LogP contribution in [0.4, 0.5) is 0 Å². The summed E-state index contributed by atoms with van der Waals surface area (Å²) in [7, 11) is -1.58. The van der Waals surface area contributed by atoms with Crippen molar-refractivity contribution in [3.8, 4) is 0 Å². The Hall–Kier alpha value is -0.943. The van der Waals surface area contributed by atoms with Gasteiger partial charge >= 0.3 is 11.9 Å². The monoisotopic (exact) mass is 256 g/mol. The summed E-state index contributed by atoms with van der Waals surface area (Å²) in [6.07, 6.45) is 4.81. The third-order valence-electron chi connectivity index (χ3n) is 2.69. The molecule has 96 valence electrons. The van der Waals surface area contributed by atoms with Crippen LogP contribution in [0.25, 0.3) is 0 Å². The van der Waals surface area contributed by atoms with Crippen LogP contribution in [0.2, 0.25) is 19.1 Å². The van der Waals surface area contributed by atoms with E-state index < -0.39 is 14.3 Å². The molecular weight excluding hydrogens is 236 g/mol. The van der Waals surface area contributed by atoms with E-state index >= 15 is 0 Å². The maximum Gasteiger partial charge on any atom is 0.317 e. The second kappa shape index (κ2) is 6.12. The summed E-state index contributed by atoms with van der Waals surface area (Å²) < 4.78 is 10.2. The summed E-state index contributed by atoms with van der Waals surface area (Å²) in [5.41, 5.74) is 0. The van der Waals surface area contributed by atoms with Gasteiger partial charge in [-0.2, -0.15) is 0 Å². The van der Waals surface area contributed by atoms with E-state index in [0.29, 0.717) is 6.42 Å².